The van der Waals surface area contributed by atoms with E-state index >= 15 is 0 Å². The molecule has 0 spiro atoms. The standard InChI is InChI=1S/C27H41N5O5S/c1-3-4-20-37-26-12-10-24(11-13-26)31-16-18-32(19-17-31)38(35,36)21-6-15-30(14-5-7-27(33)29-34)25-9-8-23(2)28-22-25/h8-13,22,34H,3-7,14-21H2,1-2H3,(H,29,33). The Morgan fingerprint density at radius 2 is 1.76 bits per heavy atom. The molecule has 0 atom stereocenters. The minimum atomic E-state index is -3.38. The minimum absolute atomic E-state index is 0.0592. The van der Waals surface area contributed by atoms with E-state index in [0.29, 0.717) is 58.7 Å². The zero-order valence-corrected chi connectivity index (χ0v) is 23.3. The minimum Gasteiger partial charge on any atom is -0.494 e. The molecule has 11 heteroatoms. The Labute approximate surface area is 226 Å². The van der Waals surface area contributed by atoms with E-state index in [1.54, 1.807) is 16.0 Å². The van der Waals surface area contributed by atoms with Crippen molar-refractivity contribution < 1.29 is 23.2 Å². The Hall–Kier alpha value is -2.89. The molecule has 1 aromatic heterocycles. The number of hydrogen-bond acceptors (Lipinski definition) is 8. The molecule has 1 aromatic carbocycles. The van der Waals surface area contributed by atoms with Crippen LogP contribution in [0.1, 0.15) is 44.7 Å². The van der Waals surface area contributed by atoms with Crippen LogP contribution in [0, 0.1) is 6.92 Å². The van der Waals surface area contributed by atoms with E-state index in [4.69, 9.17) is 9.94 Å². The third-order valence-corrected chi connectivity index (χ3v) is 8.60. The van der Waals surface area contributed by atoms with E-state index in [-0.39, 0.29) is 12.2 Å². The van der Waals surface area contributed by atoms with E-state index in [0.717, 1.165) is 35.7 Å². The number of carbonyl (C=O) groups excluding carboxylic acids is 1. The number of pyridine rings is 1. The largest absolute Gasteiger partial charge is 0.494 e. The number of aryl methyl sites for hydroxylation is 1. The van der Waals surface area contributed by atoms with E-state index in [2.05, 4.69) is 16.8 Å². The topological polar surface area (TPSA) is 115 Å². The Kier molecular flexibility index (Phi) is 11.6. The number of nitrogens with one attached hydrogen (secondary N) is 1. The predicted octanol–water partition coefficient (Wildman–Crippen LogP) is 3.20. The number of hydroxylamine groups is 1. The van der Waals surface area contributed by atoms with Crippen LogP contribution < -0.4 is 20.0 Å². The average molecular weight is 548 g/mol. The van der Waals surface area contributed by atoms with Gasteiger partial charge in [-0.1, -0.05) is 13.3 Å². The van der Waals surface area contributed by atoms with E-state index in [1.807, 2.05) is 48.2 Å². The molecule has 0 aliphatic carbocycles. The van der Waals surface area contributed by atoms with E-state index < -0.39 is 15.9 Å². The first-order chi connectivity index (χ1) is 18.3. The molecule has 1 fully saturated rings. The lowest BCUT2D eigenvalue weighted by molar-refractivity contribution is -0.129. The van der Waals surface area contributed by atoms with Crippen molar-refractivity contribution in [2.45, 2.75) is 46.0 Å². The van der Waals surface area contributed by atoms with Crippen LogP contribution in [0.3, 0.4) is 0 Å². The fraction of sp³-hybridized carbons (Fsp3) is 0.556. The van der Waals surface area contributed by atoms with Gasteiger partial charge in [0.15, 0.2) is 0 Å². The van der Waals surface area contributed by atoms with Crippen LogP contribution in [-0.2, 0) is 14.8 Å². The first-order valence-electron chi connectivity index (χ1n) is 13.4. The fourth-order valence-electron chi connectivity index (χ4n) is 4.38. The molecule has 210 valence electrons. The molecule has 0 saturated carbocycles. The summed E-state index contributed by atoms with van der Waals surface area (Å²) >= 11 is 0. The maximum atomic E-state index is 13.1. The van der Waals surface area contributed by atoms with Crippen molar-refractivity contribution in [1.82, 2.24) is 14.8 Å². The van der Waals surface area contributed by atoms with Gasteiger partial charge in [-0.3, -0.25) is 15.0 Å². The van der Waals surface area contributed by atoms with Gasteiger partial charge in [0.05, 0.1) is 24.2 Å². The molecule has 0 radical (unpaired) electrons. The lowest BCUT2D eigenvalue weighted by atomic mass is 10.2. The number of sulfonamides is 1. The van der Waals surface area contributed by atoms with Gasteiger partial charge in [0.25, 0.3) is 0 Å². The number of unbranched alkanes of at least 4 members (excludes halogenated alkanes) is 1. The van der Waals surface area contributed by atoms with Crippen molar-refractivity contribution in [3.05, 3.63) is 48.3 Å². The SMILES string of the molecule is CCCCOc1ccc(N2CCN(S(=O)(=O)CCCN(CCCC(=O)NO)c3ccc(C)nc3)CC2)cc1. The number of anilines is 2. The molecule has 10 nitrogen and oxygen atoms in total. The third-order valence-electron chi connectivity index (χ3n) is 6.65. The zero-order valence-electron chi connectivity index (χ0n) is 22.5. The van der Waals surface area contributed by atoms with Crippen molar-refractivity contribution in [2.75, 3.05) is 61.4 Å². The van der Waals surface area contributed by atoms with Gasteiger partial charge >= 0.3 is 0 Å². The molecule has 1 aliphatic heterocycles. The molecule has 0 bridgehead atoms. The maximum Gasteiger partial charge on any atom is 0.243 e. The number of hydrogen-bond donors (Lipinski definition) is 2. The normalized spacial score (nSPS) is 14.3. The van der Waals surface area contributed by atoms with Crippen molar-refractivity contribution in [1.29, 1.82) is 0 Å². The summed E-state index contributed by atoms with van der Waals surface area (Å²) in [6.07, 6.45) is 5.06. The summed E-state index contributed by atoms with van der Waals surface area (Å²) < 4.78 is 33.5. The van der Waals surface area contributed by atoms with Crippen molar-refractivity contribution >= 4 is 27.3 Å². The van der Waals surface area contributed by atoms with Crippen LogP contribution >= 0.6 is 0 Å². The number of ether oxygens (including phenoxy) is 1. The lowest BCUT2D eigenvalue weighted by Crippen LogP contribution is -2.49. The highest BCUT2D eigenvalue weighted by atomic mass is 32.2. The summed E-state index contributed by atoms with van der Waals surface area (Å²) in [5, 5.41) is 8.73. The highest BCUT2D eigenvalue weighted by Crippen LogP contribution is 2.22. The summed E-state index contributed by atoms with van der Waals surface area (Å²) in [6, 6.07) is 11.9. The number of nitrogens with zero attached hydrogens (tertiary/aromatic N) is 4. The molecule has 2 heterocycles. The van der Waals surface area contributed by atoms with Crippen LogP contribution in [0.25, 0.3) is 0 Å². The number of benzene rings is 1. The maximum absolute atomic E-state index is 13.1. The molecule has 0 unspecified atom stereocenters. The molecule has 38 heavy (non-hydrogen) atoms. The Balaban J connectivity index is 1.48. The quantitative estimate of drug-likeness (QED) is 0.198. The van der Waals surface area contributed by atoms with Gasteiger partial charge in [0.2, 0.25) is 15.9 Å². The van der Waals surface area contributed by atoms with Crippen molar-refractivity contribution in [3.63, 3.8) is 0 Å². The van der Waals surface area contributed by atoms with Crippen LogP contribution in [0.2, 0.25) is 0 Å². The van der Waals surface area contributed by atoms with Crippen LogP contribution in [0.5, 0.6) is 5.75 Å². The summed E-state index contributed by atoms with van der Waals surface area (Å²) in [7, 11) is -3.38. The second-order valence-corrected chi connectivity index (χ2v) is 11.6. The van der Waals surface area contributed by atoms with Crippen molar-refractivity contribution in [3.8, 4) is 5.75 Å². The molecule has 2 aromatic rings. The summed E-state index contributed by atoms with van der Waals surface area (Å²) in [5.74, 6) is 0.476. The Morgan fingerprint density at radius 3 is 2.39 bits per heavy atom. The highest BCUT2D eigenvalue weighted by molar-refractivity contribution is 7.89. The number of amides is 1. The zero-order chi connectivity index (χ0) is 27.4. The number of aromatic nitrogens is 1. The van der Waals surface area contributed by atoms with Crippen molar-refractivity contribution in [2.24, 2.45) is 0 Å². The second-order valence-electron chi connectivity index (χ2n) is 9.53. The monoisotopic (exact) mass is 547 g/mol. The van der Waals surface area contributed by atoms with Gasteiger partial charge in [-0.2, -0.15) is 4.31 Å². The molecule has 1 saturated heterocycles. The van der Waals surface area contributed by atoms with Gasteiger partial charge in [-0.15, -0.1) is 0 Å². The summed E-state index contributed by atoms with van der Waals surface area (Å²) in [6.45, 7) is 8.03. The smallest absolute Gasteiger partial charge is 0.243 e. The molecule has 3 rings (SSSR count). The fourth-order valence-corrected chi connectivity index (χ4v) is 5.85. The predicted molar refractivity (Wildman–Crippen MR) is 149 cm³/mol. The van der Waals surface area contributed by atoms with Gasteiger partial charge in [-0.25, -0.2) is 13.9 Å². The van der Waals surface area contributed by atoms with Crippen LogP contribution in [0.15, 0.2) is 42.6 Å². The van der Waals surface area contributed by atoms with E-state index in [1.165, 1.54) is 0 Å². The Morgan fingerprint density at radius 1 is 1.05 bits per heavy atom. The summed E-state index contributed by atoms with van der Waals surface area (Å²) in [4.78, 5) is 20.0. The van der Waals surface area contributed by atoms with Gasteiger partial charge in [-0.05, 0) is 62.6 Å². The first kappa shape index (κ1) is 29.7. The summed E-state index contributed by atoms with van der Waals surface area (Å²) in [5.41, 5.74) is 4.50. The molecular weight excluding hydrogens is 506 g/mol. The average Bonchev–Trinajstić information content (AvgIpc) is 2.93. The first-order valence-corrected chi connectivity index (χ1v) is 15.0. The molecule has 1 aliphatic rings. The Bertz CT molecular complexity index is 1090. The number of rotatable bonds is 15. The van der Waals surface area contributed by atoms with Gasteiger partial charge < -0.3 is 14.5 Å². The highest BCUT2D eigenvalue weighted by Gasteiger charge is 2.27. The molecule has 1 amide bonds. The number of carbonyl (C=O) groups is 1. The third kappa shape index (κ3) is 9.14. The van der Waals surface area contributed by atoms with Gasteiger partial charge in [0, 0.05) is 57.1 Å². The molecular formula is C27H41N5O5S. The lowest BCUT2D eigenvalue weighted by Gasteiger charge is -2.35. The van der Waals surface area contributed by atoms with E-state index in [9.17, 15) is 13.2 Å². The van der Waals surface area contributed by atoms with Gasteiger partial charge in [0.1, 0.15) is 5.75 Å². The second kappa shape index (κ2) is 14.9. The number of piperazine rings is 1. The van der Waals surface area contributed by atoms with Crippen LogP contribution in [0.4, 0.5) is 11.4 Å². The molecule has 2 N–H and O–H groups in total. The van der Waals surface area contributed by atoms with Crippen LogP contribution in [-0.4, -0.2) is 80.4 Å².